The molecule has 4 heteroatoms. The van der Waals surface area contributed by atoms with Crippen LogP contribution in [0.5, 0.6) is 0 Å². The first-order chi connectivity index (χ1) is 7.65. The Morgan fingerprint density at radius 3 is 2.12 bits per heavy atom. The number of carbonyl (C=O) groups is 1. The highest BCUT2D eigenvalue weighted by Gasteiger charge is 2.18. The van der Waals surface area contributed by atoms with Crippen LogP contribution in [-0.2, 0) is 9.53 Å². The van der Waals surface area contributed by atoms with Crippen molar-refractivity contribution in [3.05, 3.63) is 0 Å². The van der Waals surface area contributed by atoms with Crippen molar-refractivity contribution in [2.45, 2.75) is 44.4 Å². The van der Waals surface area contributed by atoms with Gasteiger partial charge < -0.3 is 9.64 Å². The highest BCUT2D eigenvalue weighted by Crippen LogP contribution is 2.07. The first-order valence-corrected chi connectivity index (χ1v) is 7.01. The number of hydrogen-bond donors (Lipinski definition) is 0. The standard InChI is InChI=1S/C12H24BrNO2/c1-4-6-8-14(9-7-5-2)10-11(13)12(15)16-3/h11H,4-10H2,1-3H3. The van der Waals surface area contributed by atoms with E-state index in [9.17, 15) is 4.79 Å². The van der Waals surface area contributed by atoms with E-state index in [4.69, 9.17) is 4.74 Å². The molecule has 96 valence electrons. The van der Waals surface area contributed by atoms with Gasteiger partial charge >= 0.3 is 5.97 Å². The summed E-state index contributed by atoms with van der Waals surface area (Å²) in [6.07, 6.45) is 4.75. The van der Waals surface area contributed by atoms with Crippen molar-refractivity contribution in [1.29, 1.82) is 0 Å². The Hall–Kier alpha value is -0.0900. The lowest BCUT2D eigenvalue weighted by molar-refractivity contribution is -0.140. The van der Waals surface area contributed by atoms with Crippen LogP contribution in [0.25, 0.3) is 0 Å². The zero-order chi connectivity index (χ0) is 12.4. The van der Waals surface area contributed by atoms with Crippen LogP contribution in [0, 0.1) is 0 Å². The molecule has 0 spiro atoms. The number of ether oxygens (including phenoxy) is 1. The molecule has 0 aliphatic heterocycles. The zero-order valence-corrected chi connectivity index (χ0v) is 12.3. The molecule has 16 heavy (non-hydrogen) atoms. The van der Waals surface area contributed by atoms with Gasteiger partial charge in [0.2, 0.25) is 0 Å². The fourth-order valence-electron chi connectivity index (χ4n) is 1.49. The van der Waals surface area contributed by atoms with Gasteiger partial charge in [0.25, 0.3) is 0 Å². The second-order valence-electron chi connectivity index (χ2n) is 4.00. The van der Waals surface area contributed by atoms with Gasteiger partial charge in [0.05, 0.1) is 7.11 Å². The quantitative estimate of drug-likeness (QED) is 0.484. The molecule has 0 radical (unpaired) electrons. The number of alkyl halides is 1. The van der Waals surface area contributed by atoms with Crippen LogP contribution in [0.2, 0.25) is 0 Å². The molecule has 1 atom stereocenters. The number of esters is 1. The van der Waals surface area contributed by atoms with Gasteiger partial charge in [-0.3, -0.25) is 4.79 Å². The van der Waals surface area contributed by atoms with Gasteiger partial charge in [-0.1, -0.05) is 42.6 Å². The summed E-state index contributed by atoms with van der Waals surface area (Å²) < 4.78 is 4.71. The van der Waals surface area contributed by atoms with Gasteiger partial charge in [-0.05, 0) is 25.9 Å². The molecule has 0 aromatic rings. The summed E-state index contributed by atoms with van der Waals surface area (Å²) in [6, 6.07) is 0. The van der Waals surface area contributed by atoms with E-state index in [-0.39, 0.29) is 10.8 Å². The molecular weight excluding hydrogens is 270 g/mol. The first-order valence-electron chi connectivity index (χ1n) is 6.09. The molecule has 0 fully saturated rings. The highest BCUT2D eigenvalue weighted by atomic mass is 79.9. The molecule has 1 unspecified atom stereocenters. The van der Waals surface area contributed by atoms with Crippen LogP contribution in [-0.4, -0.2) is 42.4 Å². The Morgan fingerprint density at radius 1 is 1.25 bits per heavy atom. The van der Waals surface area contributed by atoms with E-state index in [1.165, 1.54) is 32.8 Å². The summed E-state index contributed by atoms with van der Waals surface area (Å²) in [6.45, 7) is 7.24. The van der Waals surface area contributed by atoms with Gasteiger partial charge in [-0.15, -0.1) is 0 Å². The van der Waals surface area contributed by atoms with E-state index in [2.05, 4.69) is 34.7 Å². The molecule has 0 aliphatic carbocycles. The van der Waals surface area contributed by atoms with Crippen molar-refractivity contribution < 1.29 is 9.53 Å². The summed E-state index contributed by atoms with van der Waals surface area (Å²) in [5.41, 5.74) is 0. The fourth-order valence-corrected chi connectivity index (χ4v) is 2.08. The molecule has 0 N–H and O–H groups in total. The third kappa shape index (κ3) is 7.23. The predicted octanol–water partition coefficient (Wildman–Crippen LogP) is 2.83. The minimum atomic E-state index is -0.203. The van der Waals surface area contributed by atoms with Crippen molar-refractivity contribution in [2.75, 3.05) is 26.7 Å². The topological polar surface area (TPSA) is 29.5 Å². The van der Waals surface area contributed by atoms with Crippen molar-refractivity contribution in [3.63, 3.8) is 0 Å². The van der Waals surface area contributed by atoms with Crippen molar-refractivity contribution in [1.82, 2.24) is 4.90 Å². The largest absolute Gasteiger partial charge is 0.468 e. The molecule has 0 saturated heterocycles. The van der Waals surface area contributed by atoms with Crippen LogP contribution in [0.15, 0.2) is 0 Å². The van der Waals surface area contributed by atoms with E-state index in [0.717, 1.165) is 19.6 Å². The molecule has 0 aromatic carbocycles. The Kier molecular flexibility index (Phi) is 10.0. The van der Waals surface area contributed by atoms with E-state index >= 15 is 0 Å². The molecular formula is C12H24BrNO2. The second-order valence-corrected chi connectivity index (χ2v) is 5.10. The summed E-state index contributed by atoms with van der Waals surface area (Å²) in [4.78, 5) is 13.4. The Labute approximate surface area is 108 Å². The Balaban J connectivity index is 4.01. The summed E-state index contributed by atoms with van der Waals surface area (Å²) >= 11 is 3.37. The normalized spacial score (nSPS) is 12.8. The van der Waals surface area contributed by atoms with Crippen molar-refractivity contribution in [2.24, 2.45) is 0 Å². The number of methoxy groups -OCH3 is 1. The third-order valence-corrected chi connectivity index (χ3v) is 3.19. The van der Waals surface area contributed by atoms with Gasteiger partial charge in [0, 0.05) is 6.54 Å². The SMILES string of the molecule is CCCCN(CCCC)CC(Br)C(=O)OC. The maximum absolute atomic E-state index is 11.3. The lowest BCUT2D eigenvalue weighted by atomic mass is 10.2. The van der Waals surface area contributed by atoms with E-state index in [1.54, 1.807) is 0 Å². The number of halogens is 1. The van der Waals surface area contributed by atoms with Gasteiger partial charge in [-0.2, -0.15) is 0 Å². The maximum atomic E-state index is 11.3. The van der Waals surface area contributed by atoms with E-state index in [1.807, 2.05) is 0 Å². The summed E-state index contributed by atoms with van der Waals surface area (Å²) in [5.74, 6) is -0.182. The molecule has 0 saturated carbocycles. The lowest BCUT2D eigenvalue weighted by Crippen LogP contribution is -2.35. The van der Waals surface area contributed by atoms with Gasteiger partial charge in [0.1, 0.15) is 4.83 Å². The van der Waals surface area contributed by atoms with Crippen molar-refractivity contribution >= 4 is 21.9 Å². The Bertz CT molecular complexity index is 180. The second kappa shape index (κ2) is 10.1. The molecule has 0 heterocycles. The number of hydrogen-bond acceptors (Lipinski definition) is 3. The monoisotopic (exact) mass is 293 g/mol. The minimum absolute atomic E-state index is 0.182. The molecule has 0 amide bonds. The Morgan fingerprint density at radius 2 is 1.75 bits per heavy atom. The molecule has 0 bridgehead atoms. The van der Waals surface area contributed by atoms with Gasteiger partial charge in [0.15, 0.2) is 0 Å². The summed E-state index contributed by atoms with van der Waals surface area (Å²) in [7, 11) is 1.43. The first kappa shape index (κ1) is 15.9. The fraction of sp³-hybridized carbons (Fsp3) is 0.917. The van der Waals surface area contributed by atoms with Crippen LogP contribution in [0.3, 0.4) is 0 Å². The van der Waals surface area contributed by atoms with Crippen LogP contribution in [0.4, 0.5) is 0 Å². The minimum Gasteiger partial charge on any atom is -0.468 e. The van der Waals surface area contributed by atoms with Crippen molar-refractivity contribution in [3.8, 4) is 0 Å². The number of rotatable bonds is 9. The average Bonchev–Trinajstić information content (AvgIpc) is 2.31. The average molecular weight is 294 g/mol. The molecule has 3 nitrogen and oxygen atoms in total. The van der Waals surface area contributed by atoms with Gasteiger partial charge in [-0.25, -0.2) is 0 Å². The van der Waals surface area contributed by atoms with Crippen LogP contribution >= 0.6 is 15.9 Å². The number of nitrogens with zero attached hydrogens (tertiary/aromatic N) is 1. The predicted molar refractivity (Wildman–Crippen MR) is 71.0 cm³/mol. The third-order valence-electron chi connectivity index (χ3n) is 2.53. The summed E-state index contributed by atoms with van der Waals surface area (Å²) in [5, 5.41) is 0. The highest BCUT2D eigenvalue weighted by molar-refractivity contribution is 9.10. The van der Waals surface area contributed by atoms with Crippen LogP contribution < -0.4 is 0 Å². The van der Waals surface area contributed by atoms with E-state index < -0.39 is 0 Å². The number of carbonyl (C=O) groups excluding carboxylic acids is 1. The molecule has 0 aromatic heterocycles. The number of unbranched alkanes of at least 4 members (excludes halogenated alkanes) is 2. The smallest absolute Gasteiger partial charge is 0.320 e. The molecule has 0 rings (SSSR count). The zero-order valence-electron chi connectivity index (χ0n) is 10.7. The molecule has 0 aliphatic rings. The van der Waals surface area contributed by atoms with E-state index in [0.29, 0.717) is 0 Å². The lowest BCUT2D eigenvalue weighted by Gasteiger charge is -2.23. The maximum Gasteiger partial charge on any atom is 0.320 e. The van der Waals surface area contributed by atoms with Crippen LogP contribution in [0.1, 0.15) is 39.5 Å².